The van der Waals surface area contributed by atoms with Crippen LogP contribution in [0.1, 0.15) is 33.3 Å². The number of esters is 1. The van der Waals surface area contributed by atoms with E-state index < -0.39 is 11.7 Å². The maximum atomic E-state index is 11.7. The highest BCUT2D eigenvalue weighted by Gasteiger charge is 2.22. The molecular weight excluding hydrogens is 296 g/mol. The van der Waals surface area contributed by atoms with Crippen molar-refractivity contribution in [1.29, 1.82) is 0 Å². The van der Waals surface area contributed by atoms with E-state index in [1.54, 1.807) is 6.92 Å². The lowest BCUT2D eigenvalue weighted by Gasteiger charge is -2.22. The number of rotatable bonds is 4. The van der Waals surface area contributed by atoms with Gasteiger partial charge in [-0.05, 0) is 45.4 Å². The van der Waals surface area contributed by atoms with Crippen molar-refractivity contribution in [2.45, 2.75) is 46.0 Å². The second kappa shape index (κ2) is 6.34. The van der Waals surface area contributed by atoms with Gasteiger partial charge in [0.05, 0.1) is 6.61 Å². The molecule has 0 saturated carbocycles. The number of halogens is 1. The number of ether oxygens (including phenoxy) is 2. The molecule has 0 aliphatic heterocycles. The van der Waals surface area contributed by atoms with Crippen LogP contribution in [0.2, 0.25) is 0 Å². The molecule has 3 nitrogen and oxygen atoms in total. The summed E-state index contributed by atoms with van der Waals surface area (Å²) in [5, 5.41) is 0. The van der Waals surface area contributed by atoms with Crippen LogP contribution in [0.4, 0.5) is 0 Å². The third-order valence-electron chi connectivity index (χ3n) is 2.13. The molecule has 1 unspecified atom stereocenters. The number of carbonyl (C=O) groups is 1. The monoisotopic (exact) mass is 314 g/mol. The summed E-state index contributed by atoms with van der Waals surface area (Å²) in [5.41, 5.74) is 0.532. The van der Waals surface area contributed by atoms with E-state index in [-0.39, 0.29) is 5.97 Å². The van der Waals surface area contributed by atoms with Gasteiger partial charge in [0.2, 0.25) is 0 Å². The normalized spacial score (nSPS) is 13.2. The van der Waals surface area contributed by atoms with E-state index >= 15 is 0 Å². The first-order chi connectivity index (χ1) is 8.28. The van der Waals surface area contributed by atoms with Gasteiger partial charge in [0.15, 0.2) is 6.10 Å². The summed E-state index contributed by atoms with van der Waals surface area (Å²) in [7, 11) is 0. The van der Waals surface area contributed by atoms with E-state index in [1.165, 1.54) is 0 Å². The van der Waals surface area contributed by atoms with Crippen LogP contribution in [0.3, 0.4) is 0 Å². The first-order valence-electron chi connectivity index (χ1n) is 5.87. The lowest BCUT2D eigenvalue weighted by atomic mass is 10.2. The molecule has 0 N–H and O–H groups in total. The highest BCUT2D eigenvalue weighted by Crippen LogP contribution is 2.14. The molecule has 1 rings (SSSR count). The van der Waals surface area contributed by atoms with Crippen LogP contribution >= 0.6 is 15.9 Å². The van der Waals surface area contributed by atoms with Gasteiger partial charge in [0, 0.05) is 4.47 Å². The number of benzene rings is 1. The van der Waals surface area contributed by atoms with Gasteiger partial charge in [-0.25, -0.2) is 4.79 Å². The van der Waals surface area contributed by atoms with Crippen LogP contribution in [-0.4, -0.2) is 17.7 Å². The molecule has 0 radical (unpaired) electrons. The SMILES string of the molecule is CC(OCc1cccc(Br)c1)C(=O)OC(C)(C)C. The van der Waals surface area contributed by atoms with Crippen LogP contribution in [-0.2, 0) is 20.9 Å². The average Bonchev–Trinajstić information content (AvgIpc) is 2.23. The third-order valence-corrected chi connectivity index (χ3v) is 2.62. The highest BCUT2D eigenvalue weighted by atomic mass is 79.9. The van der Waals surface area contributed by atoms with Gasteiger partial charge in [-0.1, -0.05) is 28.1 Å². The van der Waals surface area contributed by atoms with Crippen molar-refractivity contribution in [2.75, 3.05) is 0 Å². The molecule has 0 bridgehead atoms. The Balaban J connectivity index is 2.46. The van der Waals surface area contributed by atoms with E-state index in [2.05, 4.69) is 15.9 Å². The summed E-state index contributed by atoms with van der Waals surface area (Å²) in [5.74, 6) is -0.336. The zero-order chi connectivity index (χ0) is 13.8. The minimum absolute atomic E-state index is 0.336. The van der Waals surface area contributed by atoms with Crippen LogP contribution in [0.15, 0.2) is 28.7 Å². The quantitative estimate of drug-likeness (QED) is 0.795. The minimum atomic E-state index is -0.566. The third kappa shape index (κ3) is 5.65. The molecule has 0 amide bonds. The van der Waals surface area contributed by atoms with E-state index in [4.69, 9.17) is 9.47 Å². The molecule has 18 heavy (non-hydrogen) atoms. The van der Waals surface area contributed by atoms with E-state index in [0.717, 1.165) is 10.0 Å². The maximum absolute atomic E-state index is 11.7. The molecule has 0 spiro atoms. The van der Waals surface area contributed by atoms with Crippen molar-refractivity contribution >= 4 is 21.9 Å². The van der Waals surface area contributed by atoms with E-state index in [9.17, 15) is 4.79 Å². The van der Waals surface area contributed by atoms with Crippen molar-refractivity contribution in [3.8, 4) is 0 Å². The van der Waals surface area contributed by atoms with E-state index in [1.807, 2.05) is 45.0 Å². The zero-order valence-corrected chi connectivity index (χ0v) is 12.8. The predicted molar refractivity (Wildman–Crippen MR) is 74.2 cm³/mol. The summed E-state index contributed by atoms with van der Waals surface area (Å²) < 4.78 is 11.7. The lowest BCUT2D eigenvalue weighted by Crippen LogP contribution is -2.31. The molecule has 0 aliphatic rings. The molecule has 0 aliphatic carbocycles. The summed E-state index contributed by atoms with van der Waals surface area (Å²) in [4.78, 5) is 11.7. The molecule has 4 heteroatoms. The lowest BCUT2D eigenvalue weighted by molar-refractivity contribution is -0.168. The molecule has 100 valence electrons. The Morgan fingerprint density at radius 1 is 1.39 bits per heavy atom. The number of carbonyl (C=O) groups excluding carboxylic acids is 1. The summed E-state index contributed by atoms with van der Waals surface area (Å²) in [6.45, 7) is 7.61. The smallest absolute Gasteiger partial charge is 0.335 e. The van der Waals surface area contributed by atoms with Crippen molar-refractivity contribution in [1.82, 2.24) is 0 Å². The first-order valence-corrected chi connectivity index (χ1v) is 6.66. The van der Waals surface area contributed by atoms with Crippen molar-refractivity contribution in [3.05, 3.63) is 34.3 Å². The van der Waals surface area contributed by atoms with Gasteiger partial charge in [0.25, 0.3) is 0 Å². The minimum Gasteiger partial charge on any atom is -0.458 e. The zero-order valence-electron chi connectivity index (χ0n) is 11.2. The Morgan fingerprint density at radius 3 is 2.61 bits per heavy atom. The van der Waals surface area contributed by atoms with Gasteiger partial charge in [-0.3, -0.25) is 0 Å². The fraction of sp³-hybridized carbons (Fsp3) is 0.500. The Bertz CT molecular complexity index is 410. The van der Waals surface area contributed by atoms with Crippen molar-refractivity contribution in [3.63, 3.8) is 0 Å². The van der Waals surface area contributed by atoms with Crippen molar-refractivity contribution in [2.24, 2.45) is 0 Å². The summed E-state index contributed by atoms with van der Waals surface area (Å²) >= 11 is 3.39. The fourth-order valence-electron chi connectivity index (χ4n) is 1.30. The van der Waals surface area contributed by atoms with Crippen LogP contribution < -0.4 is 0 Å². The second-order valence-electron chi connectivity index (χ2n) is 5.12. The molecule has 1 aromatic carbocycles. The molecule has 0 aromatic heterocycles. The molecule has 0 heterocycles. The van der Waals surface area contributed by atoms with Gasteiger partial charge < -0.3 is 9.47 Å². The first kappa shape index (κ1) is 15.2. The Labute approximate surface area is 117 Å². The van der Waals surface area contributed by atoms with Crippen LogP contribution in [0.5, 0.6) is 0 Å². The summed E-state index contributed by atoms with van der Waals surface area (Å²) in [6.07, 6.45) is -0.566. The second-order valence-corrected chi connectivity index (χ2v) is 6.03. The van der Waals surface area contributed by atoms with Crippen LogP contribution in [0.25, 0.3) is 0 Å². The number of hydrogen-bond donors (Lipinski definition) is 0. The van der Waals surface area contributed by atoms with Crippen LogP contribution in [0, 0.1) is 0 Å². The largest absolute Gasteiger partial charge is 0.458 e. The van der Waals surface area contributed by atoms with Crippen molar-refractivity contribution < 1.29 is 14.3 Å². The summed E-state index contributed by atoms with van der Waals surface area (Å²) in [6, 6.07) is 7.79. The Morgan fingerprint density at radius 2 is 2.06 bits per heavy atom. The standard InChI is InChI=1S/C14H19BrO3/c1-10(13(16)18-14(2,3)4)17-9-11-6-5-7-12(15)8-11/h5-8,10H,9H2,1-4H3. The molecule has 1 atom stereocenters. The Hall–Kier alpha value is -0.870. The highest BCUT2D eigenvalue weighted by molar-refractivity contribution is 9.10. The number of hydrogen-bond acceptors (Lipinski definition) is 3. The van der Waals surface area contributed by atoms with Gasteiger partial charge in [0.1, 0.15) is 5.60 Å². The Kier molecular flexibility index (Phi) is 5.35. The molecule has 1 aromatic rings. The van der Waals surface area contributed by atoms with Gasteiger partial charge >= 0.3 is 5.97 Å². The maximum Gasteiger partial charge on any atom is 0.335 e. The fourth-order valence-corrected chi connectivity index (χ4v) is 1.75. The predicted octanol–water partition coefficient (Wildman–Crippen LogP) is 3.70. The van der Waals surface area contributed by atoms with Gasteiger partial charge in [-0.15, -0.1) is 0 Å². The topological polar surface area (TPSA) is 35.5 Å². The molecule has 0 saturated heterocycles. The molecular formula is C14H19BrO3. The van der Waals surface area contributed by atoms with E-state index in [0.29, 0.717) is 6.61 Å². The average molecular weight is 315 g/mol. The van der Waals surface area contributed by atoms with Gasteiger partial charge in [-0.2, -0.15) is 0 Å². The molecule has 0 fully saturated rings.